The monoisotopic (exact) mass is 299 g/mol. The Balaban J connectivity index is 1.93. The Morgan fingerprint density at radius 2 is 1.95 bits per heavy atom. The Morgan fingerprint density at radius 1 is 1.14 bits per heavy atom. The number of carbonyl (C=O) groups excluding carboxylic acids is 1. The predicted molar refractivity (Wildman–Crippen MR) is 78.9 cm³/mol. The summed E-state index contributed by atoms with van der Waals surface area (Å²) in [6, 6.07) is 8.32. The number of carbonyl (C=O) groups is 1. The Hall–Kier alpha value is -2.53. The molecule has 6 heteroatoms. The summed E-state index contributed by atoms with van der Waals surface area (Å²) in [6.07, 6.45) is 3.16. The molecule has 3 rings (SSSR count). The topological polar surface area (TPSA) is 65.0 Å². The number of aromatic nitrogens is 3. The van der Waals surface area contributed by atoms with E-state index in [4.69, 9.17) is 16.3 Å². The first kappa shape index (κ1) is 13.5. The molecular weight excluding hydrogens is 290 g/mol. The van der Waals surface area contributed by atoms with Crippen molar-refractivity contribution in [2.24, 2.45) is 0 Å². The summed E-state index contributed by atoms with van der Waals surface area (Å²) >= 11 is 6.11. The van der Waals surface area contributed by atoms with Gasteiger partial charge in [0.05, 0.1) is 5.02 Å². The molecule has 0 spiro atoms. The molecule has 0 fully saturated rings. The minimum absolute atomic E-state index is 0.0532. The van der Waals surface area contributed by atoms with Crippen LogP contribution >= 0.6 is 11.6 Å². The van der Waals surface area contributed by atoms with E-state index >= 15 is 0 Å². The minimum atomic E-state index is -0.0532. The molecule has 5 nitrogen and oxygen atoms in total. The van der Waals surface area contributed by atoms with Crippen molar-refractivity contribution in [2.75, 3.05) is 0 Å². The second-order valence-electron chi connectivity index (χ2n) is 4.35. The van der Waals surface area contributed by atoms with Gasteiger partial charge in [-0.1, -0.05) is 11.6 Å². The number of hydrogen-bond donors (Lipinski definition) is 0. The Bertz CT molecular complexity index is 836. The van der Waals surface area contributed by atoms with Crippen molar-refractivity contribution in [3.8, 4) is 11.6 Å². The molecule has 2 aromatic heterocycles. The molecule has 0 aliphatic heterocycles. The van der Waals surface area contributed by atoms with E-state index in [9.17, 15) is 4.79 Å². The molecule has 21 heavy (non-hydrogen) atoms. The highest BCUT2D eigenvalue weighted by atomic mass is 35.5. The van der Waals surface area contributed by atoms with Crippen LogP contribution in [0.5, 0.6) is 11.6 Å². The minimum Gasteiger partial charge on any atom is -0.437 e. The van der Waals surface area contributed by atoms with Crippen LogP contribution in [0.3, 0.4) is 0 Å². The summed E-state index contributed by atoms with van der Waals surface area (Å²) in [5.74, 6) is 0.737. The first-order valence-corrected chi connectivity index (χ1v) is 6.57. The molecular formula is C15H10ClN3O2. The van der Waals surface area contributed by atoms with E-state index in [0.29, 0.717) is 33.4 Å². The number of ether oxygens (including phenoxy) is 1. The van der Waals surface area contributed by atoms with Crippen LogP contribution in [0.15, 0.2) is 42.7 Å². The second-order valence-corrected chi connectivity index (χ2v) is 4.76. The molecule has 0 saturated heterocycles. The zero-order chi connectivity index (χ0) is 14.8. The molecule has 104 valence electrons. The zero-order valence-corrected chi connectivity index (χ0v) is 11.8. The Kier molecular flexibility index (Phi) is 3.50. The molecule has 0 atom stereocenters. The van der Waals surface area contributed by atoms with Gasteiger partial charge in [0.15, 0.2) is 11.4 Å². The van der Waals surface area contributed by atoms with Gasteiger partial charge in [0.1, 0.15) is 11.3 Å². The summed E-state index contributed by atoms with van der Waals surface area (Å²) < 4.78 is 5.63. The van der Waals surface area contributed by atoms with E-state index in [2.05, 4.69) is 15.0 Å². The summed E-state index contributed by atoms with van der Waals surface area (Å²) in [5, 5.41) is 0.351. The molecule has 0 radical (unpaired) electrons. The maximum Gasteiger partial charge on any atom is 0.221 e. The fourth-order valence-corrected chi connectivity index (χ4v) is 2.03. The first-order valence-electron chi connectivity index (χ1n) is 6.19. The van der Waals surface area contributed by atoms with E-state index in [1.165, 1.54) is 6.92 Å². The van der Waals surface area contributed by atoms with Gasteiger partial charge in [0.25, 0.3) is 0 Å². The smallest absolute Gasteiger partial charge is 0.221 e. The largest absolute Gasteiger partial charge is 0.437 e. The van der Waals surface area contributed by atoms with Gasteiger partial charge in [-0.3, -0.25) is 9.78 Å². The number of Topliss-reactive ketones (excluding diaryl/α,β-unsaturated/α-hetero) is 1. The van der Waals surface area contributed by atoms with Gasteiger partial charge in [0, 0.05) is 24.0 Å². The Morgan fingerprint density at radius 3 is 2.71 bits per heavy atom. The van der Waals surface area contributed by atoms with Crippen LogP contribution in [0.2, 0.25) is 5.02 Å². The molecule has 0 aliphatic rings. The summed E-state index contributed by atoms with van der Waals surface area (Å²) in [6.45, 7) is 1.48. The summed E-state index contributed by atoms with van der Waals surface area (Å²) in [5.41, 5.74) is 1.71. The molecule has 0 saturated carbocycles. The zero-order valence-electron chi connectivity index (χ0n) is 11.1. The van der Waals surface area contributed by atoms with E-state index in [-0.39, 0.29) is 5.78 Å². The van der Waals surface area contributed by atoms with Crippen molar-refractivity contribution in [1.29, 1.82) is 0 Å². The first-order chi connectivity index (χ1) is 10.1. The molecule has 3 aromatic rings. The number of halogens is 1. The van der Waals surface area contributed by atoms with Gasteiger partial charge in [-0.15, -0.1) is 0 Å². The normalized spacial score (nSPS) is 10.6. The molecule has 0 N–H and O–H groups in total. The summed E-state index contributed by atoms with van der Waals surface area (Å²) in [4.78, 5) is 23.8. The van der Waals surface area contributed by atoms with Crippen LogP contribution in [0, 0.1) is 0 Å². The highest BCUT2D eigenvalue weighted by Gasteiger charge is 2.08. The third kappa shape index (κ3) is 2.83. The van der Waals surface area contributed by atoms with E-state index in [1.807, 2.05) is 0 Å². The quantitative estimate of drug-likeness (QED) is 0.690. The highest BCUT2D eigenvalue weighted by Crippen LogP contribution is 2.29. The van der Waals surface area contributed by atoms with Crippen molar-refractivity contribution in [1.82, 2.24) is 15.0 Å². The molecule has 1 aromatic carbocycles. The lowest BCUT2D eigenvalue weighted by Crippen LogP contribution is -1.94. The Labute approximate surface area is 125 Å². The van der Waals surface area contributed by atoms with Crippen LogP contribution in [0.4, 0.5) is 0 Å². The van der Waals surface area contributed by atoms with E-state index in [0.717, 1.165) is 0 Å². The number of nitrogens with zero attached hydrogens (tertiary/aromatic N) is 3. The van der Waals surface area contributed by atoms with Crippen LogP contribution in [-0.2, 0) is 0 Å². The molecule has 0 unspecified atom stereocenters. The van der Waals surface area contributed by atoms with Gasteiger partial charge in [-0.05, 0) is 31.2 Å². The van der Waals surface area contributed by atoms with Gasteiger partial charge < -0.3 is 4.74 Å². The van der Waals surface area contributed by atoms with Crippen molar-refractivity contribution in [2.45, 2.75) is 6.92 Å². The fourth-order valence-electron chi connectivity index (χ4n) is 1.81. The van der Waals surface area contributed by atoms with Crippen molar-refractivity contribution >= 4 is 28.5 Å². The maximum atomic E-state index is 11.3. The number of fused-ring (bicyclic) bond motifs is 1. The predicted octanol–water partition coefficient (Wildman–Crippen LogP) is 3.67. The second kappa shape index (κ2) is 5.46. The molecule has 0 aliphatic carbocycles. The van der Waals surface area contributed by atoms with E-state index in [1.54, 1.807) is 42.7 Å². The number of ketones is 1. The third-order valence-electron chi connectivity index (χ3n) is 2.86. The van der Waals surface area contributed by atoms with Crippen molar-refractivity contribution < 1.29 is 9.53 Å². The number of hydrogen-bond acceptors (Lipinski definition) is 5. The number of pyridine rings is 1. The number of benzene rings is 1. The lowest BCUT2D eigenvalue weighted by Gasteiger charge is -2.07. The average molecular weight is 300 g/mol. The average Bonchev–Trinajstić information content (AvgIpc) is 2.49. The van der Waals surface area contributed by atoms with Gasteiger partial charge in [0.2, 0.25) is 5.88 Å². The van der Waals surface area contributed by atoms with Gasteiger partial charge in [-0.2, -0.15) is 4.98 Å². The highest BCUT2D eigenvalue weighted by molar-refractivity contribution is 6.32. The van der Waals surface area contributed by atoms with Crippen molar-refractivity contribution in [3.05, 3.63) is 53.3 Å². The lowest BCUT2D eigenvalue weighted by molar-refractivity contribution is 0.101. The summed E-state index contributed by atoms with van der Waals surface area (Å²) in [7, 11) is 0. The molecule has 0 bridgehead atoms. The van der Waals surface area contributed by atoms with Crippen LogP contribution in [-0.4, -0.2) is 20.7 Å². The molecule has 2 heterocycles. The SMILES string of the molecule is CC(=O)c1ccc(Oc2ccc3nccnc3n2)c(Cl)c1. The van der Waals surface area contributed by atoms with Crippen molar-refractivity contribution in [3.63, 3.8) is 0 Å². The third-order valence-corrected chi connectivity index (χ3v) is 3.15. The molecule has 0 amide bonds. The van der Waals surface area contributed by atoms with E-state index < -0.39 is 0 Å². The van der Waals surface area contributed by atoms with Crippen LogP contribution in [0.25, 0.3) is 11.2 Å². The fraction of sp³-hybridized carbons (Fsp3) is 0.0667. The van der Waals surface area contributed by atoms with Gasteiger partial charge >= 0.3 is 0 Å². The maximum absolute atomic E-state index is 11.3. The van der Waals surface area contributed by atoms with Crippen LogP contribution in [0.1, 0.15) is 17.3 Å². The van der Waals surface area contributed by atoms with Crippen LogP contribution < -0.4 is 4.74 Å². The lowest BCUT2D eigenvalue weighted by atomic mass is 10.1. The number of rotatable bonds is 3. The van der Waals surface area contributed by atoms with Gasteiger partial charge in [-0.25, -0.2) is 4.98 Å². The standard InChI is InChI=1S/C15H10ClN3O2/c1-9(20)10-2-4-13(11(16)8-10)21-14-5-3-12-15(19-14)18-7-6-17-12/h2-8H,1H3.